The molecule has 2 aromatic rings. The van der Waals surface area contributed by atoms with E-state index in [2.05, 4.69) is 9.72 Å². The Bertz CT molecular complexity index is 499. The Morgan fingerprint density at radius 1 is 1.35 bits per heavy atom. The molecule has 0 radical (unpaired) electrons. The van der Waals surface area contributed by atoms with E-state index >= 15 is 0 Å². The summed E-state index contributed by atoms with van der Waals surface area (Å²) in [5.74, 6) is 0.162. The Kier molecular flexibility index (Phi) is 3.68. The van der Waals surface area contributed by atoms with Crippen molar-refractivity contribution in [3.8, 4) is 17.0 Å². The molecule has 1 aromatic heterocycles. The smallest absolute Gasteiger partial charge is 0.387 e. The van der Waals surface area contributed by atoms with Crippen LogP contribution in [0.4, 0.5) is 8.78 Å². The van der Waals surface area contributed by atoms with E-state index in [1.165, 1.54) is 17.4 Å². The summed E-state index contributed by atoms with van der Waals surface area (Å²) in [5.41, 5.74) is 1.28. The van der Waals surface area contributed by atoms with Crippen LogP contribution in [0.3, 0.4) is 0 Å². The number of aromatic nitrogens is 1. The molecule has 0 fully saturated rings. The van der Waals surface area contributed by atoms with Crippen molar-refractivity contribution in [2.45, 2.75) is 20.0 Å². The van der Waals surface area contributed by atoms with Gasteiger partial charge >= 0.3 is 6.61 Å². The topological polar surface area (TPSA) is 22.1 Å². The summed E-state index contributed by atoms with van der Waals surface area (Å²) < 4.78 is 29.0. The third-order valence-electron chi connectivity index (χ3n) is 2.23. The Morgan fingerprint density at radius 3 is 2.76 bits per heavy atom. The molecule has 2 nitrogen and oxygen atoms in total. The lowest BCUT2D eigenvalue weighted by molar-refractivity contribution is -0.0494. The first-order chi connectivity index (χ1) is 8.20. The van der Waals surface area contributed by atoms with Gasteiger partial charge in [0, 0.05) is 10.9 Å². The average Bonchev–Trinajstić information content (AvgIpc) is 2.77. The lowest BCUT2D eigenvalue weighted by atomic mass is 10.1. The maximum Gasteiger partial charge on any atom is 0.387 e. The van der Waals surface area contributed by atoms with Gasteiger partial charge in [-0.25, -0.2) is 4.98 Å². The fourth-order valence-corrected chi connectivity index (χ4v) is 2.22. The van der Waals surface area contributed by atoms with Gasteiger partial charge in [-0.1, -0.05) is 19.1 Å². The molecule has 2 rings (SSSR count). The monoisotopic (exact) mass is 255 g/mol. The summed E-state index contributed by atoms with van der Waals surface area (Å²) in [6, 6.07) is 6.69. The van der Waals surface area contributed by atoms with Gasteiger partial charge < -0.3 is 4.74 Å². The molecule has 5 heteroatoms. The van der Waals surface area contributed by atoms with Crippen LogP contribution in [0.1, 0.15) is 11.9 Å². The predicted molar refractivity (Wildman–Crippen MR) is 63.6 cm³/mol. The van der Waals surface area contributed by atoms with E-state index in [9.17, 15) is 8.78 Å². The molecule has 0 unspecified atom stereocenters. The van der Waals surface area contributed by atoms with Crippen molar-refractivity contribution in [1.82, 2.24) is 4.98 Å². The van der Waals surface area contributed by atoms with Crippen LogP contribution < -0.4 is 4.74 Å². The molecule has 0 N–H and O–H groups in total. The molecule has 0 saturated carbocycles. The van der Waals surface area contributed by atoms with Gasteiger partial charge in [0.15, 0.2) is 0 Å². The predicted octanol–water partition coefficient (Wildman–Crippen LogP) is 3.97. The van der Waals surface area contributed by atoms with Crippen LogP contribution >= 0.6 is 11.3 Å². The Balaban J connectivity index is 2.36. The first-order valence-electron chi connectivity index (χ1n) is 5.19. The summed E-state index contributed by atoms with van der Waals surface area (Å²) in [4.78, 5) is 4.36. The van der Waals surface area contributed by atoms with Crippen molar-refractivity contribution in [1.29, 1.82) is 0 Å². The number of benzene rings is 1. The lowest BCUT2D eigenvalue weighted by Crippen LogP contribution is -2.03. The van der Waals surface area contributed by atoms with E-state index in [1.54, 1.807) is 18.2 Å². The van der Waals surface area contributed by atoms with E-state index in [-0.39, 0.29) is 5.75 Å². The highest BCUT2D eigenvalue weighted by atomic mass is 32.1. The summed E-state index contributed by atoms with van der Waals surface area (Å²) in [6.07, 6.45) is 0.836. The van der Waals surface area contributed by atoms with E-state index in [1.807, 2.05) is 12.3 Å². The molecular formula is C12H11F2NOS. The third-order valence-corrected chi connectivity index (χ3v) is 3.23. The summed E-state index contributed by atoms with van der Waals surface area (Å²) in [7, 11) is 0. The first kappa shape index (κ1) is 12.0. The fourth-order valence-electron chi connectivity index (χ4n) is 1.47. The van der Waals surface area contributed by atoms with Gasteiger partial charge in [0.1, 0.15) is 5.75 Å². The van der Waals surface area contributed by atoms with Gasteiger partial charge in [0.2, 0.25) is 0 Å². The standard InChI is InChI=1S/C12H11F2NOS/c1-2-11-15-9(7-17-11)8-5-3-4-6-10(8)16-12(13)14/h3-7,12H,2H2,1H3. The van der Waals surface area contributed by atoms with Gasteiger partial charge in [0.05, 0.1) is 10.7 Å². The Labute approximate surface area is 102 Å². The van der Waals surface area contributed by atoms with Crippen LogP contribution in [0.2, 0.25) is 0 Å². The molecule has 0 aliphatic rings. The van der Waals surface area contributed by atoms with Crippen LogP contribution in [0, 0.1) is 0 Å². The van der Waals surface area contributed by atoms with Crippen LogP contribution in [-0.2, 0) is 6.42 Å². The first-order valence-corrected chi connectivity index (χ1v) is 6.07. The Morgan fingerprint density at radius 2 is 2.12 bits per heavy atom. The minimum atomic E-state index is -2.82. The van der Waals surface area contributed by atoms with Crippen molar-refractivity contribution < 1.29 is 13.5 Å². The molecule has 0 aliphatic heterocycles. The highest BCUT2D eigenvalue weighted by Gasteiger charge is 2.12. The minimum Gasteiger partial charge on any atom is -0.434 e. The van der Waals surface area contributed by atoms with Crippen LogP contribution in [0.25, 0.3) is 11.3 Å². The second-order valence-electron chi connectivity index (χ2n) is 3.35. The summed E-state index contributed by atoms with van der Waals surface area (Å²) >= 11 is 1.52. The molecule has 0 aliphatic carbocycles. The number of aryl methyl sites for hydroxylation is 1. The molecule has 1 heterocycles. The van der Waals surface area contributed by atoms with Crippen LogP contribution in [0.5, 0.6) is 5.75 Å². The lowest BCUT2D eigenvalue weighted by Gasteiger charge is -2.08. The van der Waals surface area contributed by atoms with E-state index in [4.69, 9.17) is 0 Å². The summed E-state index contributed by atoms with van der Waals surface area (Å²) in [5, 5.41) is 2.83. The number of halogens is 2. The van der Waals surface area contributed by atoms with Gasteiger partial charge in [-0.2, -0.15) is 8.78 Å². The minimum absolute atomic E-state index is 0.162. The van der Waals surface area contributed by atoms with Crippen molar-refractivity contribution in [2.24, 2.45) is 0 Å². The highest BCUT2D eigenvalue weighted by Crippen LogP contribution is 2.31. The second kappa shape index (κ2) is 5.23. The molecule has 0 bridgehead atoms. The molecule has 90 valence electrons. The number of nitrogens with zero attached hydrogens (tertiary/aromatic N) is 1. The van der Waals surface area contributed by atoms with Gasteiger partial charge in [-0.05, 0) is 18.6 Å². The Hall–Kier alpha value is -1.49. The van der Waals surface area contributed by atoms with Crippen molar-refractivity contribution >= 4 is 11.3 Å². The number of ether oxygens (including phenoxy) is 1. The molecule has 0 saturated heterocycles. The van der Waals surface area contributed by atoms with Gasteiger partial charge in [0.25, 0.3) is 0 Å². The fraction of sp³-hybridized carbons (Fsp3) is 0.250. The van der Waals surface area contributed by atoms with Gasteiger partial charge in [-0.3, -0.25) is 0 Å². The molecule has 0 spiro atoms. The number of rotatable bonds is 4. The largest absolute Gasteiger partial charge is 0.434 e. The quantitative estimate of drug-likeness (QED) is 0.824. The van der Waals surface area contributed by atoms with Crippen molar-refractivity contribution in [3.05, 3.63) is 34.7 Å². The number of hydrogen-bond acceptors (Lipinski definition) is 3. The van der Waals surface area contributed by atoms with Crippen molar-refractivity contribution in [2.75, 3.05) is 0 Å². The molecule has 0 atom stereocenters. The number of para-hydroxylation sites is 1. The van der Waals surface area contributed by atoms with E-state index in [0.717, 1.165) is 11.4 Å². The highest BCUT2D eigenvalue weighted by molar-refractivity contribution is 7.09. The van der Waals surface area contributed by atoms with E-state index in [0.29, 0.717) is 11.3 Å². The van der Waals surface area contributed by atoms with E-state index < -0.39 is 6.61 Å². The normalized spacial score (nSPS) is 10.8. The zero-order chi connectivity index (χ0) is 12.3. The molecular weight excluding hydrogens is 244 g/mol. The molecule has 1 aromatic carbocycles. The third kappa shape index (κ3) is 2.79. The van der Waals surface area contributed by atoms with Crippen LogP contribution in [-0.4, -0.2) is 11.6 Å². The molecule has 17 heavy (non-hydrogen) atoms. The van der Waals surface area contributed by atoms with Gasteiger partial charge in [-0.15, -0.1) is 11.3 Å². The van der Waals surface area contributed by atoms with Crippen molar-refractivity contribution in [3.63, 3.8) is 0 Å². The molecule has 0 amide bonds. The zero-order valence-corrected chi connectivity index (χ0v) is 10.0. The summed E-state index contributed by atoms with van der Waals surface area (Å²) in [6.45, 7) is -0.815. The second-order valence-corrected chi connectivity index (χ2v) is 4.30. The SMILES string of the molecule is CCc1nc(-c2ccccc2OC(F)F)cs1. The maximum absolute atomic E-state index is 12.2. The average molecular weight is 255 g/mol. The zero-order valence-electron chi connectivity index (χ0n) is 9.19. The van der Waals surface area contributed by atoms with Crippen LogP contribution in [0.15, 0.2) is 29.6 Å². The number of hydrogen-bond donors (Lipinski definition) is 0. The number of thiazole rings is 1. The maximum atomic E-state index is 12.2. The number of alkyl halides is 2.